The molecule has 1 amide bonds. The molecule has 3 nitrogen and oxygen atoms in total. The summed E-state index contributed by atoms with van der Waals surface area (Å²) in [5.41, 5.74) is 10.3. The van der Waals surface area contributed by atoms with E-state index in [9.17, 15) is 4.79 Å². The average Bonchev–Trinajstić information content (AvgIpc) is 2.99. The zero-order valence-electron chi connectivity index (χ0n) is 13.8. The number of rotatable bonds is 3. The van der Waals surface area contributed by atoms with Crippen LogP contribution in [0.4, 0.5) is 0 Å². The van der Waals surface area contributed by atoms with Gasteiger partial charge in [0, 0.05) is 24.6 Å². The Kier molecular flexibility index (Phi) is 4.49. The maximum atomic E-state index is 12.9. The number of hydrogen-bond acceptors (Lipinski definition) is 2. The third-order valence-corrected chi connectivity index (χ3v) is 4.87. The molecule has 1 aliphatic rings. The number of likely N-dealkylation sites (tertiary alicyclic amines) is 1. The molecule has 0 unspecified atom stereocenters. The first kappa shape index (κ1) is 15.8. The number of nitrogens with two attached hydrogens (primary N) is 1. The van der Waals surface area contributed by atoms with E-state index < -0.39 is 0 Å². The van der Waals surface area contributed by atoms with Gasteiger partial charge in [-0.3, -0.25) is 4.79 Å². The van der Waals surface area contributed by atoms with Crippen LogP contribution in [0.1, 0.15) is 33.0 Å². The van der Waals surface area contributed by atoms with Crippen molar-refractivity contribution in [2.24, 2.45) is 11.7 Å². The Morgan fingerprint density at radius 2 is 1.87 bits per heavy atom. The van der Waals surface area contributed by atoms with E-state index in [2.05, 4.69) is 30.3 Å². The Bertz CT molecular complexity index is 696. The summed E-state index contributed by atoms with van der Waals surface area (Å²) in [4.78, 5) is 14.9. The number of carbonyl (C=O) groups is 1. The van der Waals surface area contributed by atoms with Gasteiger partial charge in [0.2, 0.25) is 0 Å². The summed E-state index contributed by atoms with van der Waals surface area (Å²) in [5, 5.41) is 0. The number of aryl methyl sites for hydroxylation is 2. The van der Waals surface area contributed by atoms with Gasteiger partial charge in [0.25, 0.3) is 5.91 Å². The minimum Gasteiger partial charge on any atom is -0.338 e. The van der Waals surface area contributed by atoms with Crippen molar-refractivity contribution in [1.29, 1.82) is 0 Å². The smallest absolute Gasteiger partial charge is 0.254 e. The summed E-state index contributed by atoms with van der Waals surface area (Å²) >= 11 is 0. The van der Waals surface area contributed by atoms with E-state index in [1.165, 1.54) is 11.1 Å². The van der Waals surface area contributed by atoms with Crippen LogP contribution >= 0.6 is 0 Å². The molecule has 0 aliphatic carbocycles. The molecular formula is C20H24N2O. The Hall–Kier alpha value is -2.13. The largest absolute Gasteiger partial charge is 0.338 e. The summed E-state index contributed by atoms with van der Waals surface area (Å²) in [6.07, 6.45) is 0. The van der Waals surface area contributed by atoms with E-state index in [1.807, 2.05) is 36.9 Å². The second-order valence-electron chi connectivity index (χ2n) is 6.54. The molecule has 2 atom stereocenters. The first-order valence-electron chi connectivity index (χ1n) is 8.21. The lowest BCUT2D eigenvalue weighted by molar-refractivity contribution is 0.0785. The van der Waals surface area contributed by atoms with Gasteiger partial charge in [-0.25, -0.2) is 0 Å². The molecule has 2 aromatic carbocycles. The van der Waals surface area contributed by atoms with Crippen molar-refractivity contribution >= 4 is 5.91 Å². The molecule has 0 aromatic heterocycles. The number of amides is 1. The molecule has 1 fully saturated rings. The summed E-state index contributed by atoms with van der Waals surface area (Å²) in [7, 11) is 0. The van der Waals surface area contributed by atoms with Gasteiger partial charge in [0.1, 0.15) is 0 Å². The van der Waals surface area contributed by atoms with Crippen molar-refractivity contribution in [1.82, 2.24) is 4.90 Å². The van der Waals surface area contributed by atoms with Gasteiger partial charge in [-0.1, -0.05) is 48.0 Å². The second kappa shape index (κ2) is 6.55. The third-order valence-electron chi connectivity index (χ3n) is 4.87. The molecule has 0 spiro atoms. The average molecular weight is 308 g/mol. The molecule has 2 N–H and O–H groups in total. The lowest BCUT2D eigenvalue weighted by atomic mass is 9.89. The Morgan fingerprint density at radius 3 is 2.52 bits per heavy atom. The summed E-state index contributed by atoms with van der Waals surface area (Å²) in [6, 6.07) is 16.4. The molecule has 3 heteroatoms. The summed E-state index contributed by atoms with van der Waals surface area (Å²) in [5.74, 6) is 0.780. The Labute approximate surface area is 138 Å². The number of hydrogen-bond donors (Lipinski definition) is 1. The first-order valence-corrected chi connectivity index (χ1v) is 8.21. The molecule has 0 radical (unpaired) electrons. The van der Waals surface area contributed by atoms with Crippen molar-refractivity contribution in [3.05, 3.63) is 70.8 Å². The highest BCUT2D eigenvalue weighted by Crippen LogP contribution is 2.33. The Morgan fingerprint density at radius 1 is 1.13 bits per heavy atom. The number of benzene rings is 2. The van der Waals surface area contributed by atoms with Crippen LogP contribution in [0, 0.1) is 19.8 Å². The highest BCUT2D eigenvalue weighted by atomic mass is 16.2. The lowest BCUT2D eigenvalue weighted by Gasteiger charge is -2.18. The van der Waals surface area contributed by atoms with Crippen molar-refractivity contribution < 1.29 is 4.79 Å². The van der Waals surface area contributed by atoms with Crippen molar-refractivity contribution in [3.63, 3.8) is 0 Å². The molecule has 1 saturated heterocycles. The number of nitrogens with zero attached hydrogens (tertiary/aromatic N) is 1. The quantitative estimate of drug-likeness (QED) is 0.947. The topological polar surface area (TPSA) is 46.3 Å². The van der Waals surface area contributed by atoms with Crippen molar-refractivity contribution in [2.45, 2.75) is 19.8 Å². The van der Waals surface area contributed by atoms with Gasteiger partial charge < -0.3 is 10.6 Å². The molecule has 120 valence electrons. The van der Waals surface area contributed by atoms with E-state index in [4.69, 9.17) is 5.73 Å². The van der Waals surface area contributed by atoms with Gasteiger partial charge in [-0.2, -0.15) is 0 Å². The fraction of sp³-hybridized carbons (Fsp3) is 0.350. The monoisotopic (exact) mass is 308 g/mol. The lowest BCUT2D eigenvalue weighted by Crippen LogP contribution is -2.30. The molecule has 3 rings (SSSR count). The minimum absolute atomic E-state index is 0.124. The Balaban J connectivity index is 1.83. The van der Waals surface area contributed by atoms with Gasteiger partial charge in [0.05, 0.1) is 0 Å². The molecule has 0 bridgehead atoms. The van der Waals surface area contributed by atoms with Crippen LogP contribution in [0.5, 0.6) is 0 Å². The van der Waals surface area contributed by atoms with Crippen LogP contribution in [0.25, 0.3) is 0 Å². The molecule has 1 aliphatic heterocycles. The van der Waals surface area contributed by atoms with E-state index >= 15 is 0 Å². The standard InChI is InChI=1S/C20H24N2O/c1-14-8-9-18(15(2)10-14)20(23)22-12-17(11-21)19(13-22)16-6-4-3-5-7-16/h3-10,17,19H,11-13,21H2,1-2H3/t17-,19+/m1/s1. The van der Waals surface area contributed by atoms with Gasteiger partial charge in [-0.05, 0) is 43.5 Å². The zero-order valence-corrected chi connectivity index (χ0v) is 13.8. The van der Waals surface area contributed by atoms with Crippen LogP contribution in [0.15, 0.2) is 48.5 Å². The van der Waals surface area contributed by atoms with Crippen LogP contribution in [-0.4, -0.2) is 30.4 Å². The normalized spacial score (nSPS) is 20.7. The van der Waals surface area contributed by atoms with Crippen LogP contribution < -0.4 is 5.73 Å². The maximum Gasteiger partial charge on any atom is 0.254 e. The van der Waals surface area contributed by atoms with Crippen LogP contribution in [-0.2, 0) is 0 Å². The minimum atomic E-state index is 0.124. The SMILES string of the molecule is Cc1ccc(C(=O)N2C[C@@H](CN)[C@H](c3ccccc3)C2)c(C)c1. The molecular weight excluding hydrogens is 284 g/mol. The fourth-order valence-corrected chi connectivity index (χ4v) is 3.58. The van der Waals surface area contributed by atoms with Crippen LogP contribution in [0.3, 0.4) is 0 Å². The summed E-state index contributed by atoms with van der Waals surface area (Å²) in [6.45, 7) is 6.15. The van der Waals surface area contributed by atoms with E-state index in [0.717, 1.165) is 24.2 Å². The molecule has 0 saturated carbocycles. The predicted octanol–water partition coefficient (Wildman–Crippen LogP) is 3.12. The van der Waals surface area contributed by atoms with Crippen molar-refractivity contribution in [2.75, 3.05) is 19.6 Å². The maximum absolute atomic E-state index is 12.9. The predicted molar refractivity (Wildman–Crippen MR) is 93.5 cm³/mol. The first-order chi connectivity index (χ1) is 11.1. The zero-order chi connectivity index (χ0) is 16.4. The molecule has 2 aromatic rings. The van der Waals surface area contributed by atoms with Gasteiger partial charge >= 0.3 is 0 Å². The van der Waals surface area contributed by atoms with Crippen LogP contribution in [0.2, 0.25) is 0 Å². The van der Waals surface area contributed by atoms with E-state index in [-0.39, 0.29) is 5.91 Å². The highest BCUT2D eigenvalue weighted by molar-refractivity contribution is 5.96. The van der Waals surface area contributed by atoms with Gasteiger partial charge in [-0.15, -0.1) is 0 Å². The molecule has 1 heterocycles. The van der Waals surface area contributed by atoms with Gasteiger partial charge in [0.15, 0.2) is 0 Å². The van der Waals surface area contributed by atoms with E-state index in [1.54, 1.807) is 0 Å². The summed E-state index contributed by atoms with van der Waals surface area (Å²) < 4.78 is 0. The number of carbonyl (C=O) groups excluding carboxylic acids is 1. The highest BCUT2D eigenvalue weighted by Gasteiger charge is 2.35. The second-order valence-corrected chi connectivity index (χ2v) is 6.54. The fourth-order valence-electron chi connectivity index (χ4n) is 3.58. The van der Waals surface area contributed by atoms with E-state index in [0.29, 0.717) is 18.4 Å². The molecule has 23 heavy (non-hydrogen) atoms. The van der Waals surface area contributed by atoms with Crippen molar-refractivity contribution in [3.8, 4) is 0 Å². The third kappa shape index (κ3) is 3.15.